The Morgan fingerprint density at radius 3 is 2.67 bits per heavy atom. The highest BCUT2D eigenvalue weighted by Gasteiger charge is 2.17. The van der Waals surface area contributed by atoms with Crippen LogP contribution in [-0.4, -0.2) is 54.1 Å². The molecule has 6 heteroatoms. The van der Waals surface area contributed by atoms with Crippen molar-refractivity contribution in [1.29, 1.82) is 0 Å². The first-order valence-corrected chi connectivity index (χ1v) is 7.13. The number of pyridine rings is 1. The molecule has 0 atom stereocenters. The van der Waals surface area contributed by atoms with E-state index >= 15 is 0 Å². The monoisotopic (exact) mass is 286 g/mol. The summed E-state index contributed by atoms with van der Waals surface area (Å²) < 4.78 is 4.84. The van der Waals surface area contributed by atoms with E-state index in [4.69, 9.17) is 4.52 Å². The van der Waals surface area contributed by atoms with E-state index in [2.05, 4.69) is 19.9 Å². The van der Waals surface area contributed by atoms with Crippen LogP contribution in [0.3, 0.4) is 0 Å². The van der Waals surface area contributed by atoms with Crippen molar-refractivity contribution in [2.75, 3.05) is 37.6 Å². The minimum atomic E-state index is 0.616. The number of hydrogen-bond donors (Lipinski definition) is 0. The lowest BCUT2D eigenvalue weighted by Crippen LogP contribution is -2.47. The molecule has 2 aromatic heterocycles. The van der Waals surface area contributed by atoms with Gasteiger partial charge in [-0.3, -0.25) is 9.69 Å². The Balaban J connectivity index is 1.48. The van der Waals surface area contributed by atoms with Crippen molar-refractivity contribution >= 4 is 12.1 Å². The van der Waals surface area contributed by atoms with E-state index in [1.165, 1.54) is 0 Å². The van der Waals surface area contributed by atoms with Gasteiger partial charge in [-0.15, -0.1) is 0 Å². The van der Waals surface area contributed by atoms with Crippen LogP contribution in [0.15, 0.2) is 35.2 Å². The summed E-state index contributed by atoms with van der Waals surface area (Å²) in [6.45, 7) is 4.92. The lowest BCUT2D eigenvalue weighted by Gasteiger charge is -2.35. The zero-order chi connectivity index (χ0) is 14.5. The summed E-state index contributed by atoms with van der Waals surface area (Å²) in [5.74, 6) is 0.941. The van der Waals surface area contributed by atoms with Crippen LogP contribution in [0.25, 0.3) is 0 Å². The summed E-state index contributed by atoms with van der Waals surface area (Å²) in [5.41, 5.74) is 1.62. The maximum atomic E-state index is 10.6. The normalized spacial score (nSPS) is 16.1. The Kier molecular flexibility index (Phi) is 4.25. The molecule has 1 aliphatic heterocycles. The quantitative estimate of drug-likeness (QED) is 0.771. The van der Waals surface area contributed by atoms with Crippen LogP contribution >= 0.6 is 0 Å². The van der Waals surface area contributed by atoms with E-state index in [1.54, 1.807) is 12.5 Å². The molecule has 0 aromatic carbocycles. The van der Waals surface area contributed by atoms with Crippen LogP contribution in [0.5, 0.6) is 0 Å². The molecule has 110 valence electrons. The van der Waals surface area contributed by atoms with Gasteiger partial charge < -0.3 is 9.42 Å². The second-order valence-corrected chi connectivity index (χ2v) is 5.14. The number of carbonyl (C=O) groups excluding carboxylic acids is 1. The molecule has 2 aromatic rings. The number of nitrogens with zero attached hydrogens (tertiary/aromatic N) is 4. The molecule has 0 aliphatic carbocycles. The summed E-state index contributed by atoms with van der Waals surface area (Å²) in [4.78, 5) is 19.6. The van der Waals surface area contributed by atoms with Gasteiger partial charge in [0.25, 0.3) is 0 Å². The zero-order valence-corrected chi connectivity index (χ0v) is 11.8. The molecule has 3 rings (SSSR count). The maximum Gasteiger partial charge on any atom is 0.151 e. The van der Waals surface area contributed by atoms with Crippen molar-refractivity contribution in [1.82, 2.24) is 15.0 Å². The summed E-state index contributed by atoms with van der Waals surface area (Å²) in [6, 6.07) is 5.63. The topological polar surface area (TPSA) is 62.5 Å². The molecule has 1 saturated heterocycles. The molecule has 0 bridgehead atoms. The molecule has 0 amide bonds. The fourth-order valence-corrected chi connectivity index (χ4v) is 2.49. The minimum absolute atomic E-state index is 0.616. The molecular weight excluding hydrogens is 268 g/mol. The highest BCUT2D eigenvalue weighted by Crippen LogP contribution is 2.13. The fourth-order valence-electron chi connectivity index (χ4n) is 2.49. The van der Waals surface area contributed by atoms with Crippen LogP contribution in [0.1, 0.15) is 16.1 Å². The van der Waals surface area contributed by atoms with Crippen molar-refractivity contribution < 1.29 is 9.32 Å². The minimum Gasteiger partial charge on any atom is -0.365 e. The van der Waals surface area contributed by atoms with Crippen molar-refractivity contribution in [2.24, 2.45) is 0 Å². The number of aromatic nitrogens is 2. The summed E-state index contributed by atoms with van der Waals surface area (Å²) in [7, 11) is 0. The summed E-state index contributed by atoms with van der Waals surface area (Å²) in [6.07, 6.45) is 4.97. The Morgan fingerprint density at radius 2 is 2.05 bits per heavy atom. The molecule has 1 fully saturated rings. The number of carbonyl (C=O) groups is 1. The van der Waals surface area contributed by atoms with Crippen molar-refractivity contribution in [3.8, 4) is 0 Å². The van der Waals surface area contributed by atoms with Gasteiger partial charge in [-0.05, 0) is 12.1 Å². The third-order valence-electron chi connectivity index (χ3n) is 3.78. The van der Waals surface area contributed by atoms with Crippen molar-refractivity contribution in [2.45, 2.75) is 6.42 Å². The second kappa shape index (κ2) is 6.49. The molecule has 0 unspecified atom stereocenters. The Morgan fingerprint density at radius 1 is 1.19 bits per heavy atom. The van der Waals surface area contributed by atoms with E-state index < -0.39 is 0 Å². The predicted molar refractivity (Wildman–Crippen MR) is 78.5 cm³/mol. The standard InChI is InChI=1S/C15H18N4O2/c20-12-13-1-2-15(16-11-13)19-8-6-18(7-9-19)5-3-14-4-10-21-17-14/h1-2,4,10-12H,3,5-9H2. The molecule has 0 radical (unpaired) electrons. The van der Waals surface area contributed by atoms with Gasteiger partial charge in [0.05, 0.1) is 5.69 Å². The maximum absolute atomic E-state index is 10.6. The first-order valence-electron chi connectivity index (χ1n) is 7.13. The lowest BCUT2D eigenvalue weighted by atomic mass is 10.2. The molecule has 21 heavy (non-hydrogen) atoms. The first kappa shape index (κ1) is 13.8. The molecule has 0 saturated carbocycles. The Bertz CT molecular complexity index is 560. The van der Waals surface area contributed by atoms with Gasteiger partial charge in [0, 0.05) is 57.0 Å². The van der Waals surface area contributed by atoms with Crippen LogP contribution < -0.4 is 4.90 Å². The van der Waals surface area contributed by atoms with E-state index in [1.807, 2.05) is 18.2 Å². The number of anilines is 1. The number of piperazine rings is 1. The van der Waals surface area contributed by atoms with Gasteiger partial charge in [0.2, 0.25) is 0 Å². The van der Waals surface area contributed by atoms with Crippen LogP contribution in [0.4, 0.5) is 5.82 Å². The van der Waals surface area contributed by atoms with Gasteiger partial charge in [0.15, 0.2) is 6.29 Å². The highest BCUT2D eigenvalue weighted by atomic mass is 16.5. The molecule has 0 spiro atoms. The molecule has 3 heterocycles. The van der Waals surface area contributed by atoms with Gasteiger partial charge in [0.1, 0.15) is 12.1 Å². The van der Waals surface area contributed by atoms with Gasteiger partial charge in [-0.25, -0.2) is 4.98 Å². The average molecular weight is 286 g/mol. The number of rotatable bonds is 5. The fraction of sp³-hybridized carbons (Fsp3) is 0.400. The van der Waals surface area contributed by atoms with Gasteiger partial charge in [-0.1, -0.05) is 5.16 Å². The summed E-state index contributed by atoms with van der Waals surface area (Å²) in [5, 5.41) is 3.93. The Labute approximate surface area is 123 Å². The molecule has 0 N–H and O–H groups in total. The van der Waals surface area contributed by atoms with Crippen molar-refractivity contribution in [3.63, 3.8) is 0 Å². The van der Waals surface area contributed by atoms with E-state index in [0.717, 1.165) is 56.9 Å². The van der Waals surface area contributed by atoms with Crippen LogP contribution in [0.2, 0.25) is 0 Å². The smallest absolute Gasteiger partial charge is 0.151 e. The van der Waals surface area contributed by atoms with Crippen LogP contribution in [0, 0.1) is 0 Å². The van der Waals surface area contributed by atoms with Gasteiger partial charge in [-0.2, -0.15) is 0 Å². The largest absolute Gasteiger partial charge is 0.365 e. The van der Waals surface area contributed by atoms with Crippen molar-refractivity contribution in [3.05, 3.63) is 41.9 Å². The van der Waals surface area contributed by atoms with E-state index in [0.29, 0.717) is 5.56 Å². The lowest BCUT2D eigenvalue weighted by molar-refractivity contribution is 0.112. The molecular formula is C15H18N4O2. The third kappa shape index (κ3) is 3.46. The number of aldehydes is 1. The highest BCUT2D eigenvalue weighted by molar-refractivity contribution is 5.74. The third-order valence-corrected chi connectivity index (χ3v) is 3.78. The number of hydrogen-bond acceptors (Lipinski definition) is 6. The SMILES string of the molecule is O=Cc1ccc(N2CCN(CCc3ccon3)CC2)nc1. The van der Waals surface area contributed by atoms with E-state index in [9.17, 15) is 4.79 Å². The van der Waals surface area contributed by atoms with Crippen LogP contribution in [-0.2, 0) is 6.42 Å². The first-order chi connectivity index (χ1) is 10.3. The molecule has 6 nitrogen and oxygen atoms in total. The van der Waals surface area contributed by atoms with Gasteiger partial charge >= 0.3 is 0 Å². The summed E-state index contributed by atoms with van der Waals surface area (Å²) >= 11 is 0. The molecule has 1 aliphatic rings. The zero-order valence-electron chi connectivity index (χ0n) is 11.8. The second-order valence-electron chi connectivity index (χ2n) is 5.14. The Hall–Kier alpha value is -2.21. The average Bonchev–Trinajstić information content (AvgIpc) is 3.07. The van der Waals surface area contributed by atoms with E-state index in [-0.39, 0.29) is 0 Å². The predicted octanol–water partition coefficient (Wildman–Crippen LogP) is 1.25.